The highest BCUT2D eigenvalue weighted by atomic mass is 79.9. The summed E-state index contributed by atoms with van der Waals surface area (Å²) in [5.41, 5.74) is 3.40. The van der Waals surface area contributed by atoms with Crippen molar-refractivity contribution in [1.29, 1.82) is 0 Å². The maximum absolute atomic E-state index is 4.43. The summed E-state index contributed by atoms with van der Waals surface area (Å²) in [5.74, 6) is 0. The van der Waals surface area contributed by atoms with Crippen LogP contribution in [0, 0.1) is 0 Å². The molecule has 0 bridgehead atoms. The molecule has 0 saturated heterocycles. The molecule has 0 amide bonds. The zero-order valence-corrected chi connectivity index (χ0v) is 18.9. The Hall–Kier alpha value is 0.800. The lowest BCUT2D eigenvalue weighted by Gasteiger charge is -2.08. The van der Waals surface area contributed by atoms with Crippen LogP contribution in [0.2, 0.25) is 0 Å². The van der Waals surface area contributed by atoms with Crippen LogP contribution >= 0.6 is 89.0 Å². The first-order valence-electron chi connectivity index (χ1n) is 5.84. The molecule has 0 aliphatic rings. The van der Waals surface area contributed by atoms with Gasteiger partial charge in [-0.3, -0.25) is 0 Å². The zero-order valence-electron chi connectivity index (χ0n) is 10.8. The van der Waals surface area contributed by atoms with E-state index in [2.05, 4.69) is 114 Å². The first-order valence-corrected chi connectivity index (χ1v) is 9.91. The van der Waals surface area contributed by atoms with Crippen molar-refractivity contribution in [1.82, 2.24) is 0 Å². The predicted octanol–water partition coefficient (Wildman–Crippen LogP) is 7.87. The van der Waals surface area contributed by atoms with E-state index in [0.29, 0.717) is 0 Å². The Bertz CT molecular complexity index is 692. The van der Waals surface area contributed by atoms with Gasteiger partial charge in [0.1, 0.15) is 0 Å². The fourth-order valence-electron chi connectivity index (χ4n) is 1.79. The molecule has 2 rings (SSSR count). The van der Waals surface area contributed by atoms with Gasteiger partial charge in [0, 0.05) is 27.7 Å². The lowest BCUT2D eigenvalue weighted by molar-refractivity contribution is 1.34. The van der Waals surface area contributed by atoms with Gasteiger partial charge in [-0.05, 0) is 112 Å². The molecule has 2 aromatic carbocycles. The fraction of sp³-hybridized carbons (Fsp3) is 0.0667. The van der Waals surface area contributed by atoms with Crippen molar-refractivity contribution in [3.8, 4) is 0 Å². The zero-order chi connectivity index (χ0) is 15.7. The predicted molar refractivity (Wildman–Crippen MR) is 112 cm³/mol. The lowest BCUT2D eigenvalue weighted by atomic mass is 10.0. The number of hydrogen-bond donors (Lipinski definition) is 2. The summed E-state index contributed by atoms with van der Waals surface area (Å²) < 4.78 is 3.87. The molecule has 0 unspecified atom stereocenters. The fourth-order valence-corrected chi connectivity index (χ4v) is 4.46. The molecule has 0 spiro atoms. The van der Waals surface area contributed by atoms with Crippen molar-refractivity contribution in [2.75, 3.05) is 0 Å². The van der Waals surface area contributed by atoms with E-state index in [9.17, 15) is 0 Å². The van der Waals surface area contributed by atoms with Gasteiger partial charge < -0.3 is 0 Å². The Morgan fingerprint density at radius 1 is 0.810 bits per heavy atom. The second-order valence-electron chi connectivity index (χ2n) is 4.45. The Balaban J connectivity index is 2.46. The molecular weight excluding hydrogens is 564 g/mol. The van der Waals surface area contributed by atoms with Gasteiger partial charge in [0.05, 0.1) is 0 Å². The lowest BCUT2D eigenvalue weighted by Crippen LogP contribution is -1.85. The van der Waals surface area contributed by atoms with Crippen molar-refractivity contribution in [2.24, 2.45) is 0 Å². The Morgan fingerprint density at radius 3 is 1.62 bits per heavy atom. The topological polar surface area (TPSA) is 0 Å². The van der Waals surface area contributed by atoms with E-state index in [0.717, 1.165) is 44.4 Å². The molecule has 6 heteroatoms. The molecule has 110 valence electrons. The van der Waals surface area contributed by atoms with Crippen LogP contribution in [0.3, 0.4) is 0 Å². The average Bonchev–Trinajstić information content (AvgIpc) is 2.41. The van der Waals surface area contributed by atoms with Gasteiger partial charge in [-0.1, -0.05) is 6.08 Å². The second kappa shape index (κ2) is 7.58. The molecule has 0 heterocycles. The molecule has 21 heavy (non-hydrogen) atoms. The van der Waals surface area contributed by atoms with E-state index < -0.39 is 0 Å². The molecule has 0 aliphatic carbocycles. The summed E-state index contributed by atoms with van der Waals surface area (Å²) >= 11 is 22.9. The van der Waals surface area contributed by atoms with Gasteiger partial charge in [-0.2, -0.15) is 0 Å². The minimum atomic E-state index is 0.898. The standard InChI is InChI=1S/C15H10Br4S2/c1-7(9-5-12(18)15(21)13(19)6-9)2-8-3-10(16)14(20)11(17)4-8/h2-6,20-21H,1H3. The molecule has 0 radical (unpaired) electrons. The molecule has 0 nitrogen and oxygen atoms in total. The van der Waals surface area contributed by atoms with Crippen LogP contribution in [0.25, 0.3) is 11.6 Å². The van der Waals surface area contributed by atoms with Gasteiger partial charge in [0.2, 0.25) is 0 Å². The highest BCUT2D eigenvalue weighted by Gasteiger charge is 2.07. The SMILES string of the molecule is CC(=Cc1cc(Br)c(S)c(Br)c1)c1cc(Br)c(S)c(Br)c1. The van der Waals surface area contributed by atoms with E-state index >= 15 is 0 Å². The van der Waals surface area contributed by atoms with E-state index in [1.807, 2.05) is 12.1 Å². The molecular formula is C15H10Br4S2. The van der Waals surface area contributed by atoms with E-state index in [-0.39, 0.29) is 0 Å². The van der Waals surface area contributed by atoms with Crippen LogP contribution in [-0.2, 0) is 0 Å². The summed E-state index contributed by atoms with van der Waals surface area (Å²) in [6.07, 6.45) is 2.13. The molecule has 0 saturated carbocycles. The molecule has 0 fully saturated rings. The smallest absolute Gasteiger partial charge is 0.0326 e. The summed E-state index contributed by atoms with van der Waals surface area (Å²) in [5, 5.41) is 0. The second-order valence-corrected chi connectivity index (χ2v) is 8.76. The molecule has 0 aromatic heterocycles. The third kappa shape index (κ3) is 4.42. The van der Waals surface area contributed by atoms with E-state index in [4.69, 9.17) is 0 Å². The number of hydrogen-bond acceptors (Lipinski definition) is 2. The normalized spacial score (nSPS) is 11.9. The van der Waals surface area contributed by atoms with E-state index in [1.54, 1.807) is 0 Å². The van der Waals surface area contributed by atoms with E-state index in [1.165, 1.54) is 0 Å². The average molecular weight is 574 g/mol. The first-order chi connectivity index (χ1) is 9.79. The van der Waals surface area contributed by atoms with Gasteiger partial charge in [0.25, 0.3) is 0 Å². The van der Waals surface area contributed by atoms with Crippen LogP contribution in [0.1, 0.15) is 18.1 Å². The van der Waals surface area contributed by atoms with Crippen LogP contribution in [0.4, 0.5) is 0 Å². The van der Waals surface area contributed by atoms with Gasteiger partial charge >= 0.3 is 0 Å². The van der Waals surface area contributed by atoms with Crippen molar-refractivity contribution >= 4 is 101 Å². The van der Waals surface area contributed by atoms with Gasteiger partial charge in [-0.25, -0.2) is 0 Å². The summed E-state index contributed by atoms with van der Waals surface area (Å²) in [4.78, 5) is 1.80. The number of benzene rings is 2. The number of rotatable bonds is 2. The number of halogens is 4. The molecule has 0 N–H and O–H groups in total. The van der Waals surface area contributed by atoms with Crippen molar-refractivity contribution in [3.63, 3.8) is 0 Å². The van der Waals surface area contributed by atoms with Crippen LogP contribution in [-0.4, -0.2) is 0 Å². The van der Waals surface area contributed by atoms with Crippen LogP contribution < -0.4 is 0 Å². The van der Waals surface area contributed by atoms with Crippen molar-refractivity contribution in [3.05, 3.63) is 53.3 Å². The Labute approximate surface area is 169 Å². The Kier molecular flexibility index (Phi) is 6.55. The van der Waals surface area contributed by atoms with Crippen LogP contribution in [0.5, 0.6) is 0 Å². The molecule has 2 aromatic rings. The number of allylic oxidation sites excluding steroid dienone is 1. The minimum absolute atomic E-state index is 0.898. The Morgan fingerprint density at radius 2 is 1.19 bits per heavy atom. The maximum atomic E-state index is 4.43. The first kappa shape index (κ1) is 18.1. The summed E-state index contributed by atoms with van der Waals surface area (Å²) in [7, 11) is 0. The van der Waals surface area contributed by atoms with Gasteiger partial charge in [0.15, 0.2) is 0 Å². The van der Waals surface area contributed by atoms with Crippen LogP contribution in [0.15, 0.2) is 51.9 Å². The monoisotopic (exact) mass is 570 g/mol. The van der Waals surface area contributed by atoms with Crippen molar-refractivity contribution in [2.45, 2.75) is 16.7 Å². The maximum Gasteiger partial charge on any atom is 0.0326 e. The largest absolute Gasteiger partial charge is 0.141 e. The quantitative estimate of drug-likeness (QED) is 0.265. The molecule has 0 atom stereocenters. The number of thiol groups is 2. The minimum Gasteiger partial charge on any atom is -0.141 e. The highest BCUT2D eigenvalue weighted by molar-refractivity contribution is 9.11. The summed E-state index contributed by atoms with van der Waals surface area (Å²) in [6.45, 7) is 2.09. The highest BCUT2D eigenvalue weighted by Crippen LogP contribution is 2.34. The van der Waals surface area contributed by atoms with Crippen molar-refractivity contribution < 1.29 is 0 Å². The molecule has 0 aliphatic heterocycles. The third-order valence-electron chi connectivity index (χ3n) is 2.89. The van der Waals surface area contributed by atoms with Gasteiger partial charge in [-0.15, -0.1) is 25.3 Å². The summed E-state index contributed by atoms with van der Waals surface area (Å²) in [6, 6.07) is 8.23. The third-order valence-corrected chi connectivity index (χ3v) is 7.59.